The van der Waals surface area contributed by atoms with Crippen LogP contribution in [0.5, 0.6) is 0 Å². The number of aliphatic hydroxyl groups is 1. The Kier molecular flexibility index (Phi) is 3.68. The van der Waals surface area contributed by atoms with Crippen LogP contribution in [-0.2, 0) is 14.8 Å². The number of carboxylic acid groups (broad SMARTS) is 1. The van der Waals surface area contributed by atoms with Gasteiger partial charge in [-0.05, 0) is 18.4 Å². The van der Waals surface area contributed by atoms with Crippen molar-refractivity contribution in [2.75, 3.05) is 6.54 Å². The van der Waals surface area contributed by atoms with Crippen molar-refractivity contribution in [1.82, 2.24) is 4.72 Å². The molecule has 1 aromatic rings. The van der Waals surface area contributed by atoms with Crippen molar-refractivity contribution in [3.63, 3.8) is 0 Å². The van der Waals surface area contributed by atoms with Crippen LogP contribution in [0.1, 0.15) is 6.92 Å². The zero-order valence-electron chi connectivity index (χ0n) is 8.37. The molecule has 16 heavy (non-hydrogen) atoms. The summed E-state index contributed by atoms with van der Waals surface area (Å²) < 4.78 is 25.2. The van der Waals surface area contributed by atoms with Crippen molar-refractivity contribution in [1.29, 1.82) is 0 Å². The number of rotatable bonds is 5. The summed E-state index contributed by atoms with van der Waals surface area (Å²) in [5.41, 5.74) is -2.12. The van der Waals surface area contributed by atoms with E-state index in [0.717, 1.165) is 18.3 Å². The topological polar surface area (TPSA) is 104 Å². The first kappa shape index (κ1) is 13.1. The molecule has 3 N–H and O–H groups in total. The lowest BCUT2D eigenvalue weighted by Gasteiger charge is -2.17. The molecule has 1 aromatic heterocycles. The molecule has 1 heterocycles. The number of carbonyl (C=O) groups is 1. The second kappa shape index (κ2) is 4.50. The van der Waals surface area contributed by atoms with E-state index >= 15 is 0 Å². The summed E-state index contributed by atoms with van der Waals surface area (Å²) in [5.74, 6) is -1.48. The Morgan fingerprint density at radius 2 is 2.25 bits per heavy atom. The molecule has 1 rings (SSSR count). The van der Waals surface area contributed by atoms with E-state index < -0.39 is 28.1 Å². The van der Waals surface area contributed by atoms with E-state index in [-0.39, 0.29) is 4.21 Å². The highest BCUT2D eigenvalue weighted by molar-refractivity contribution is 7.91. The minimum atomic E-state index is -3.74. The number of hydrogen-bond donors (Lipinski definition) is 3. The van der Waals surface area contributed by atoms with Gasteiger partial charge in [-0.15, -0.1) is 11.3 Å². The molecule has 0 saturated carbocycles. The highest BCUT2D eigenvalue weighted by Gasteiger charge is 2.31. The van der Waals surface area contributed by atoms with E-state index in [2.05, 4.69) is 0 Å². The summed E-state index contributed by atoms with van der Waals surface area (Å²) in [6, 6.07) is 2.96. The van der Waals surface area contributed by atoms with Gasteiger partial charge in [0.2, 0.25) is 10.0 Å². The van der Waals surface area contributed by atoms with Crippen molar-refractivity contribution >= 4 is 27.3 Å². The van der Waals surface area contributed by atoms with Gasteiger partial charge in [-0.2, -0.15) is 0 Å². The zero-order valence-corrected chi connectivity index (χ0v) is 10.0. The van der Waals surface area contributed by atoms with Gasteiger partial charge in [-0.25, -0.2) is 17.9 Å². The van der Waals surface area contributed by atoms with Crippen molar-refractivity contribution in [3.8, 4) is 0 Å². The van der Waals surface area contributed by atoms with Gasteiger partial charge in [0.25, 0.3) is 0 Å². The summed E-state index contributed by atoms with van der Waals surface area (Å²) in [4.78, 5) is 10.5. The van der Waals surface area contributed by atoms with E-state index in [1.807, 2.05) is 4.72 Å². The van der Waals surface area contributed by atoms with Gasteiger partial charge in [-0.1, -0.05) is 6.07 Å². The van der Waals surface area contributed by atoms with E-state index in [9.17, 15) is 18.3 Å². The minimum Gasteiger partial charge on any atom is -0.479 e. The van der Waals surface area contributed by atoms with Gasteiger partial charge in [0, 0.05) is 0 Å². The Bertz CT molecular complexity index is 463. The van der Waals surface area contributed by atoms with Gasteiger partial charge in [0.1, 0.15) is 4.21 Å². The molecule has 8 heteroatoms. The Morgan fingerprint density at radius 1 is 1.62 bits per heavy atom. The molecule has 0 amide bonds. The van der Waals surface area contributed by atoms with Crippen LogP contribution in [0.3, 0.4) is 0 Å². The molecule has 0 fully saturated rings. The second-order valence-electron chi connectivity index (χ2n) is 3.34. The normalized spacial score (nSPS) is 15.6. The number of nitrogens with one attached hydrogen (secondary N) is 1. The standard InChI is InChI=1S/C8H11NO5S2/c1-8(12,7(10)11)5-9-16(13,14)6-3-2-4-15-6/h2-4,9,12H,5H2,1H3,(H,10,11). The molecule has 0 aliphatic carbocycles. The first-order valence-corrected chi connectivity index (χ1v) is 6.61. The molecule has 0 aliphatic heterocycles. The monoisotopic (exact) mass is 265 g/mol. The average Bonchev–Trinajstić information content (AvgIpc) is 2.68. The number of hydrogen-bond acceptors (Lipinski definition) is 5. The van der Waals surface area contributed by atoms with Crippen LogP contribution < -0.4 is 4.72 Å². The lowest BCUT2D eigenvalue weighted by atomic mass is 10.1. The molecule has 0 spiro atoms. The van der Waals surface area contributed by atoms with Crippen molar-refractivity contribution < 1.29 is 23.4 Å². The smallest absolute Gasteiger partial charge is 0.336 e. The molecular formula is C8H11NO5S2. The highest BCUT2D eigenvalue weighted by Crippen LogP contribution is 2.15. The maximum Gasteiger partial charge on any atom is 0.336 e. The fourth-order valence-electron chi connectivity index (χ4n) is 0.799. The third-order valence-corrected chi connectivity index (χ3v) is 4.63. The van der Waals surface area contributed by atoms with Crippen molar-refractivity contribution in [3.05, 3.63) is 17.5 Å². The van der Waals surface area contributed by atoms with Crippen molar-refractivity contribution in [2.45, 2.75) is 16.7 Å². The summed E-state index contributed by atoms with van der Waals surface area (Å²) in [6.07, 6.45) is 0. The summed E-state index contributed by atoms with van der Waals surface area (Å²) >= 11 is 1.01. The Labute approximate surface area is 96.6 Å². The Hall–Kier alpha value is -0.960. The quantitative estimate of drug-likeness (QED) is 0.687. The SMILES string of the molecule is CC(O)(CNS(=O)(=O)c1cccs1)C(=O)O. The molecule has 1 unspecified atom stereocenters. The van der Waals surface area contributed by atoms with Crippen LogP contribution >= 0.6 is 11.3 Å². The van der Waals surface area contributed by atoms with E-state index in [4.69, 9.17) is 5.11 Å². The van der Waals surface area contributed by atoms with Gasteiger partial charge < -0.3 is 10.2 Å². The molecule has 6 nitrogen and oxygen atoms in total. The van der Waals surface area contributed by atoms with Crippen LogP contribution in [0.25, 0.3) is 0 Å². The minimum absolute atomic E-state index is 0.0775. The first-order valence-electron chi connectivity index (χ1n) is 4.25. The lowest BCUT2D eigenvalue weighted by molar-refractivity contribution is -0.155. The first-order chi connectivity index (χ1) is 7.26. The highest BCUT2D eigenvalue weighted by atomic mass is 32.2. The van der Waals surface area contributed by atoms with Crippen molar-refractivity contribution in [2.24, 2.45) is 0 Å². The lowest BCUT2D eigenvalue weighted by Crippen LogP contribution is -2.46. The zero-order chi connectivity index (χ0) is 12.4. The predicted octanol–water partition coefficient (Wildman–Crippen LogP) is -0.138. The van der Waals surface area contributed by atoms with E-state index in [1.165, 1.54) is 6.07 Å². The van der Waals surface area contributed by atoms with Gasteiger partial charge in [0.15, 0.2) is 5.60 Å². The molecular weight excluding hydrogens is 254 g/mol. The second-order valence-corrected chi connectivity index (χ2v) is 6.28. The predicted molar refractivity (Wildman–Crippen MR) is 57.8 cm³/mol. The largest absolute Gasteiger partial charge is 0.479 e. The van der Waals surface area contributed by atoms with E-state index in [1.54, 1.807) is 11.4 Å². The molecule has 1 atom stereocenters. The van der Waals surface area contributed by atoms with Gasteiger partial charge in [0.05, 0.1) is 6.54 Å². The van der Waals surface area contributed by atoms with Crippen LogP contribution in [0.2, 0.25) is 0 Å². The molecule has 0 aromatic carbocycles. The fourth-order valence-corrected chi connectivity index (χ4v) is 2.97. The Balaban J connectivity index is 2.74. The number of thiophene rings is 1. The third-order valence-electron chi connectivity index (χ3n) is 1.83. The fraction of sp³-hybridized carbons (Fsp3) is 0.375. The molecule has 0 aliphatic rings. The van der Waals surface area contributed by atoms with Crippen LogP contribution in [0.15, 0.2) is 21.7 Å². The number of carboxylic acids is 1. The van der Waals surface area contributed by atoms with Crippen LogP contribution in [0, 0.1) is 0 Å². The number of sulfonamides is 1. The van der Waals surface area contributed by atoms with E-state index in [0.29, 0.717) is 0 Å². The van der Waals surface area contributed by atoms with Crippen LogP contribution in [-0.4, -0.2) is 36.7 Å². The molecule has 0 saturated heterocycles. The molecule has 90 valence electrons. The summed E-state index contributed by atoms with van der Waals surface area (Å²) in [5, 5.41) is 19.5. The van der Waals surface area contributed by atoms with Gasteiger partial charge in [-0.3, -0.25) is 0 Å². The summed E-state index contributed by atoms with van der Waals surface area (Å²) in [7, 11) is -3.74. The maximum atomic E-state index is 11.6. The number of aliphatic carboxylic acids is 1. The average molecular weight is 265 g/mol. The molecule has 0 bridgehead atoms. The third kappa shape index (κ3) is 3.01. The Morgan fingerprint density at radius 3 is 2.69 bits per heavy atom. The van der Waals surface area contributed by atoms with Crippen LogP contribution in [0.4, 0.5) is 0 Å². The summed E-state index contributed by atoms with van der Waals surface area (Å²) in [6.45, 7) is 0.439. The molecule has 0 radical (unpaired) electrons. The van der Waals surface area contributed by atoms with Gasteiger partial charge >= 0.3 is 5.97 Å². The maximum absolute atomic E-state index is 11.6.